The highest BCUT2D eigenvalue weighted by Crippen LogP contribution is 2.43. The van der Waals surface area contributed by atoms with E-state index in [1.54, 1.807) is 0 Å². The molecule has 0 bridgehead atoms. The summed E-state index contributed by atoms with van der Waals surface area (Å²) in [6, 6.07) is 44.2. The van der Waals surface area contributed by atoms with Crippen molar-refractivity contribution in [1.29, 1.82) is 0 Å². The largest absolute Gasteiger partial charge is 0.0616 e. The van der Waals surface area contributed by atoms with Gasteiger partial charge in [0.2, 0.25) is 0 Å². The zero-order chi connectivity index (χ0) is 24.2. The Bertz CT molecular complexity index is 1930. The number of rotatable bonds is 2. The van der Waals surface area contributed by atoms with Crippen LogP contribution in [-0.4, -0.2) is 0 Å². The second kappa shape index (κ2) is 8.58. The molecule has 0 amide bonds. The van der Waals surface area contributed by atoms with Crippen LogP contribution in [0.25, 0.3) is 65.3 Å². The van der Waals surface area contributed by atoms with Crippen LogP contribution in [0.3, 0.4) is 0 Å². The molecule has 0 aliphatic heterocycles. The van der Waals surface area contributed by atoms with Gasteiger partial charge in [-0.3, -0.25) is 0 Å². The highest BCUT2D eigenvalue weighted by molar-refractivity contribution is 9.10. The Hall–Kier alpha value is -3.46. The lowest BCUT2D eigenvalue weighted by Crippen LogP contribution is -1.89. The van der Waals surface area contributed by atoms with Crippen molar-refractivity contribution in [2.45, 2.75) is 0 Å². The van der Waals surface area contributed by atoms with E-state index in [2.05, 4.69) is 153 Å². The minimum atomic E-state index is 1.09. The Kier molecular flexibility index (Phi) is 5.20. The first-order chi connectivity index (χ1) is 17.7. The number of fused-ring (bicyclic) bond motifs is 8. The van der Waals surface area contributed by atoms with E-state index in [-0.39, 0.29) is 0 Å². The lowest BCUT2D eigenvalue weighted by atomic mass is 9.86. The zero-order valence-corrected chi connectivity index (χ0v) is 22.5. The van der Waals surface area contributed by atoms with Gasteiger partial charge >= 0.3 is 0 Å². The van der Waals surface area contributed by atoms with Crippen LogP contribution >= 0.6 is 31.9 Å². The summed E-state index contributed by atoms with van der Waals surface area (Å²) in [5, 5.41) is 10.4. The number of benzene rings is 7. The highest BCUT2D eigenvalue weighted by atomic mass is 79.9. The topological polar surface area (TPSA) is 0 Å². The van der Waals surface area contributed by atoms with Crippen molar-refractivity contribution in [2.24, 2.45) is 0 Å². The predicted octanol–water partition coefficient (Wildman–Crippen LogP) is 11.2. The van der Waals surface area contributed by atoms with E-state index in [0.717, 1.165) is 8.95 Å². The van der Waals surface area contributed by atoms with Crippen molar-refractivity contribution in [3.05, 3.63) is 130 Å². The van der Waals surface area contributed by atoms with Crippen LogP contribution < -0.4 is 0 Å². The second-order valence-corrected chi connectivity index (χ2v) is 11.0. The molecule has 0 spiro atoms. The summed E-state index contributed by atoms with van der Waals surface area (Å²) in [6.07, 6.45) is 0. The molecular weight excluding hydrogens is 568 g/mol. The summed E-state index contributed by atoms with van der Waals surface area (Å²) in [4.78, 5) is 0. The molecule has 2 heteroatoms. The first-order valence-corrected chi connectivity index (χ1v) is 13.6. The molecule has 0 aliphatic rings. The number of hydrogen-bond acceptors (Lipinski definition) is 0. The Balaban J connectivity index is 1.64. The van der Waals surface area contributed by atoms with Crippen LogP contribution in [0.5, 0.6) is 0 Å². The maximum atomic E-state index is 3.59. The third kappa shape index (κ3) is 3.48. The molecule has 0 atom stereocenters. The monoisotopic (exact) mass is 586 g/mol. The smallest absolute Gasteiger partial charge is 0.0175 e. The molecule has 0 unspecified atom stereocenters. The fourth-order valence-corrected chi connectivity index (χ4v) is 6.03. The molecular formula is C34H20Br2. The molecule has 0 N–H and O–H groups in total. The van der Waals surface area contributed by atoms with Gasteiger partial charge in [-0.2, -0.15) is 0 Å². The summed E-state index contributed by atoms with van der Waals surface area (Å²) < 4.78 is 2.19. The van der Waals surface area contributed by atoms with E-state index in [1.165, 1.54) is 65.3 Å². The van der Waals surface area contributed by atoms with Crippen LogP contribution in [0, 0.1) is 0 Å². The van der Waals surface area contributed by atoms with E-state index in [9.17, 15) is 0 Å². The van der Waals surface area contributed by atoms with Crippen molar-refractivity contribution >= 4 is 74.9 Å². The molecule has 7 aromatic rings. The fraction of sp³-hybridized carbons (Fsp3) is 0. The normalized spacial score (nSPS) is 11.6. The average molecular weight is 588 g/mol. The minimum absolute atomic E-state index is 1.09. The van der Waals surface area contributed by atoms with Crippen LogP contribution in [0.4, 0.5) is 0 Å². The van der Waals surface area contributed by atoms with Gasteiger partial charge in [-0.15, -0.1) is 0 Å². The van der Waals surface area contributed by atoms with Crippen molar-refractivity contribution in [2.75, 3.05) is 0 Å². The third-order valence-electron chi connectivity index (χ3n) is 7.17. The molecule has 0 fully saturated rings. The first kappa shape index (κ1) is 21.8. The van der Waals surface area contributed by atoms with Crippen LogP contribution in [0.2, 0.25) is 0 Å². The molecule has 0 aliphatic carbocycles. The number of halogens is 2. The molecule has 0 saturated carbocycles. The first-order valence-electron chi connectivity index (χ1n) is 12.0. The molecule has 170 valence electrons. The highest BCUT2D eigenvalue weighted by Gasteiger charge is 2.15. The van der Waals surface area contributed by atoms with E-state index in [4.69, 9.17) is 0 Å². The lowest BCUT2D eigenvalue weighted by Gasteiger charge is -2.17. The summed E-state index contributed by atoms with van der Waals surface area (Å²) in [5.41, 5.74) is 4.95. The van der Waals surface area contributed by atoms with Gasteiger partial charge in [0.1, 0.15) is 0 Å². The minimum Gasteiger partial charge on any atom is -0.0616 e. The van der Waals surface area contributed by atoms with Crippen LogP contribution in [0.1, 0.15) is 0 Å². The van der Waals surface area contributed by atoms with Crippen LogP contribution in [0.15, 0.2) is 130 Å². The molecule has 0 heterocycles. The maximum Gasteiger partial charge on any atom is 0.0175 e. The van der Waals surface area contributed by atoms with Crippen molar-refractivity contribution in [1.82, 2.24) is 0 Å². The zero-order valence-electron chi connectivity index (χ0n) is 19.3. The Morgan fingerprint density at radius 3 is 1.50 bits per heavy atom. The lowest BCUT2D eigenvalue weighted by molar-refractivity contribution is 1.62. The average Bonchev–Trinajstić information content (AvgIpc) is 2.93. The van der Waals surface area contributed by atoms with E-state index >= 15 is 0 Å². The summed E-state index contributed by atoms with van der Waals surface area (Å²) in [7, 11) is 0. The summed E-state index contributed by atoms with van der Waals surface area (Å²) >= 11 is 7.16. The van der Waals surface area contributed by atoms with Gasteiger partial charge < -0.3 is 0 Å². The van der Waals surface area contributed by atoms with Gasteiger partial charge in [-0.1, -0.05) is 117 Å². The molecule has 0 saturated heterocycles. The van der Waals surface area contributed by atoms with Gasteiger partial charge in [0.15, 0.2) is 0 Å². The molecule has 7 aromatic carbocycles. The summed E-state index contributed by atoms with van der Waals surface area (Å²) in [5.74, 6) is 0. The van der Waals surface area contributed by atoms with Gasteiger partial charge in [-0.25, -0.2) is 0 Å². The van der Waals surface area contributed by atoms with Gasteiger partial charge in [0.25, 0.3) is 0 Å². The van der Waals surface area contributed by atoms with E-state index < -0.39 is 0 Å². The fourth-order valence-electron chi connectivity index (χ4n) is 5.51. The Morgan fingerprint density at radius 2 is 0.833 bits per heavy atom. The van der Waals surface area contributed by atoms with E-state index in [1.807, 2.05) is 0 Å². The van der Waals surface area contributed by atoms with Gasteiger partial charge in [0, 0.05) is 8.95 Å². The third-order valence-corrected chi connectivity index (χ3v) is 8.23. The second-order valence-electron chi connectivity index (χ2n) is 9.21. The van der Waals surface area contributed by atoms with Gasteiger partial charge in [-0.05, 0) is 102 Å². The molecule has 0 aromatic heterocycles. The van der Waals surface area contributed by atoms with Crippen LogP contribution in [-0.2, 0) is 0 Å². The Morgan fingerprint density at radius 1 is 0.333 bits per heavy atom. The van der Waals surface area contributed by atoms with Crippen molar-refractivity contribution < 1.29 is 0 Å². The SMILES string of the molecule is Brc1ccc(-c2ccc3c(c2)c2ccccc2c2cc(-c4ccc(Br)cc4)c4ccccc4c32)cc1. The summed E-state index contributed by atoms with van der Waals surface area (Å²) in [6.45, 7) is 0. The molecule has 0 radical (unpaired) electrons. The van der Waals surface area contributed by atoms with Gasteiger partial charge in [0.05, 0.1) is 0 Å². The predicted molar refractivity (Wildman–Crippen MR) is 163 cm³/mol. The standard InChI is InChI=1S/C34H20Br2/c35-24-14-9-21(10-15-24)23-13-18-30-32(19-23)26-5-1-2-6-27(26)33-20-31(22-11-16-25(36)17-12-22)28-7-3-4-8-29(28)34(30)33/h1-20H. The molecule has 7 rings (SSSR count). The number of hydrogen-bond donors (Lipinski definition) is 0. The van der Waals surface area contributed by atoms with Crippen molar-refractivity contribution in [3.8, 4) is 22.3 Å². The Labute approximate surface area is 226 Å². The van der Waals surface area contributed by atoms with E-state index in [0.29, 0.717) is 0 Å². The maximum absolute atomic E-state index is 3.59. The molecule has 0 nitrogen and oxygen atoms in total. The quantitative estimate of drug-likeness (QED) is 0.176. The van der Waals surface area contributed by atoms with Crippen molar-refractivity contribution in [3.63, 3.8) is 0 Å². The molecule has 36 heavy (non-hydrogen) atoms.